The third-order valence-corrected chi connectivity index (χ3v) is 6.11. The third kappa shape index (κ3) is 3.94. The van der Waals surface area contributed by atoms with E-state index in [4.69, 9.17) is 10.2 Å². The Morgan fingerprint density at radius 2 is 2.06 bits per heavy atom. The van der Waals surface area contributed by atoms with Crippen molar-refractivity contribution in [2.24, 2.45) is 0 Å². The summed E-state index contributed by atoms with van der Waals surface area (Å²) in [7, 11) is -1.15. The first-order chi connectivity index (χ1) is 15.1. The van der Waals surface area contributed by atoms with Crippen molar-refractivity contribution in [2.75, 3.05) is 29.8 Å². The first-order valence-corrected chi connectivity index (χ1v) is 11.8. The summed E-state index contributed by atoms with van der Waals surface area (Å²) in [5, 5.41) is 8.89. The van der Waals surface area contributed by atoms with Crippen LogP contribution in [0.3, 0.4) is 0 Å². The van der Waals surface area contributed by atoms with Gasteiger partial charge in [-0.25, -0.2) is 9.19 Å². The lowest BCUT2D eigenvalue weighted by molar-refractivity contribution is 0.343. The predicted octanol–water partition coefficient (Wildman–Crippen LogP) is 3.57. The van der Waals surface area contributed by atoms with Gasteiger partial charge in [0.2, 0.25) is 0 Å². The maximum absolute atomic E-state index is 11.5. The molecule has 9 heteroatoms. The molecule has 3 aromatic heterocycles. The Hall–Kier alpha value is -3.17. The standard InChI is InChI=1S/C22H24N6O2S/c1-31(29)27-16-4-2-3-14(9-16)20-10-18-19(12-25-22(23)21(18)30-20)15-11-26-28(13-15)17-5-7-24-8-6-17/h2-4,9-13,17,24,27H,5-8H2,1H3,(H2,23,25). The Kier molecular flexibility index (Phi) is 5.21. The molecule has 8 nitrogen and oxygen atoms in total. The van der Waals surface area contributed by atoms with Gasteiger partial charge in [0.05, 0.1) is 12.2 Å². The number of pyridine rings is 1. The zero-order valence-corrected chi connectivity index (χ0v) is 18.0. The van der Waals surface area contributed by atoms with Crippen LogP contribution in [0.15, 0.2) is 53.3 Å². The molecule has 1 aliphatic heterocycles. The number of benzene rings is 1. The van der Waals surface area contributed by atoms with Gasteiger partial charge in [-0.1, -0.05) is 12.1 Å². The summed E-state index contributed by atoms with van der Waals surface area (Å²) in [6, 6.07) is 9.99. The van der Waals surface area contributed by atoms with Crippen LogP contribution in [0, 0.1) is 0 Å². The molecular formula is C22H24N6O2S. The maximum Gasteiger partial charge on any atom is 0.177 e. The molecule has 4 heterocycles. The van der Waals surface area contributed by atoms with Gasteiger partial charge in [0.25, 0.3) is 0 Å². The number of nitrogens with two attached hydrogens (primary N) is 1. The number of furan rings is 1. The highest BCUT2D eigenvalue weighted by Gasteiger charge is 2.19. The molecule has 0 spiro atoms. The minimum Gasteiger partial charge on any atom is -0.452 e. The molecule has 31 heavy (non-hydrogen) atoms. The molecule has 4 aromatic rings. The molecular weight excluding hydrogens is 412 g/mol. The van der Waals surface area contributed by atoms with Gasteiger partial charge in [0, 0.05) is 46.4 Å². The predicted molar refractivity (Wildman–Crippen MR) is 124 cm³/mol. The number of piperidine rings is 1. The SMILES string of the molecule is CS(=O)Nc1cccc(-c2cc3c(-c4cnn(C5CCNCC5)c4)cnc(N)c3o2)c1. The van der Waals surface area contributed by atoms with Gasteiger partial charge in [-0.05, 0) is 44.1 Å². The average Bonchev–Trinajstić information content (AvgIpc) is 3.43. The van der Waals surface area contributed by atoms with E-state index in [2.05, 4.69) is 31.0 Å². The van der Waals surface area contributed by atoms with Crippen molar-refractivity contribution in [1.29, 1.82) is 0 Å². The quantitative estimate of drug-likeness (QED) is 0.441. The van der Waals surface area contributed by atoms with Gasteiger partial charge in [0.1, 0.15) is 16.7 Å². The number of rotatable bonds is 5. The van der Waals surface area contributed by atoms with Crippen molar-refractivity contribution in [1.82, 2.24) is 20.1 Å². The topological polar surface area (TPSA) is 111 Å². The van der Waals surface area contributed by atoms with Gasteiger partial charge >= 0.3 is 0 Å². The Bertz CT molecular complexity index is 1260. The zero-order chi connectivity index (χ0) is 21.4. The van der Waals surface area contributed by atoms with Crippen LogP contribution in [0.1, 0.15) is 18.9 Å². The largest absolute Gasteiger partial charge is 0.452 e. The number of anilines is 2. The van der Waals surface area contributed by atoms with E-state index in [0.717, 1.165) is 53.7 Å². The second-order valence-corrected chi connectivity index (χ2v) is 8.85. The zero-order valence-electron chi connectivity index (χ0n) is 17.2. The van der Waals surface area contributed by atoms with Crippen molar-refractivity contribution >= 4 is 33.5 Å². The lowest BCUT2D eigenvalue weighted by Crippen LogP contribution is -2.29. The van der Waals surface area contributed by atoms with E-state index in [1.165, 1.54) is 0 Å². The first kappa shape index (κ1) is 19.8. The number of hydrogen-bond donors (Lipinski definition) is 3. The van der Waals surface area contributed by atoms with Crippen LogP contribution in [0.4, 0.5) is 11.5 Å². The number of nitrogens with zero attached hydrogens (tertiary/aromatic N) is 3. The van der Waals surface area contributed by atoms with Crippen LogP contribution in [-0.4, -0.2) is 38.3 Å². The molecule has 0 radical (unpaired) electrons. The molecule has 4 N–H and O–H groups in total. The van der Waals surface area contributed by atoms with E-state index >= 15 is 0 Å². The van der Waals surface area contributed by atoms with Crippen molar-refractivity contribution in [2.45, 2.75) is 18.9 Å². The molecule has 1 atom stereocenters. The fourth-order valence-electron chi connectivity index (χ4n) is 4.07. The monoisotopic (exact) mass is 436 g/mol. The second kappa shape index (κ2) is 8.16. The van der Waals surface area contributed by atoms with Crippen LogP contribution in [-0.2, 0) is 11.0 Å². The van der Waals surface area contributed by atoms with Crippen molar-refractivity contribution in [3.63, 3.8) is 0 Å². The van der Waals surface area contributed by atoms with Crippen LogP contribution in [0.25, 0.3) is 33.4 Å². The lowest BCUT2D eigenvalue weighted by atomic mass is 10.1. The Labute approximate surface area is 182 Å². The van der Waals surface area contributed by atoms with Crippen molar-refractivity contribution in [3.8, 4) is 22.5 Å². The molecule has 1 saturated heterocycles. The highest BCUT2D eigenvalue weighted by molar-refractivity contribution is 7.85. The summed E-state index contributed by atoms with van der Waals surface area (Å²) < 4.78 is 22.6. The van der Waals surface area contributed by atoms with Gasteiger partial charge in [-0.2, -0.15) is 5.10 Å². The summed E-state index contributed by atoms with van der Waals surface area (Å²) in [5.74, 6) is 1.02. The molecule has 1 aliphatic rings. The van der Waals surface area contributed by atoms with Crippen LogP contribution in [0.5, 0.6) is 0 Å². The number of hydrogen-bond acceptors (Lipinski definition) is 6. The number of fused-ring (bicyclic) bond motifs is 1. The minimum absolute atomic E-state index is 0.347. The minimum atomic E-state index is -1.15. The molecule has 0 aliphatic carbocycles. The smallest absolute Gasteiger partial charge is 0.177 e. The van der Waals surface area contributed by atoms with Crippen molar-refractivity contribution < 1.29 is 8.63 Å². The molecule has 1 aromatic carbocycles. The molecule has 0 bridgehead atoms. The molecule has 5 rings (SSSR count). The van der Waals surface area contributed by atoms with E-state index in [-0.39, 0.29) is 0 Å². The van der Waals surface area contributed by atoms with Crippen molar-refractivity contribution in [3.05, 3.63) is 48.9 Å². The Morgan fingerprint density at radius 1 is 1.23 bits per heavy atom. The number of nitrogens with one attached hydrogen (secondary N) is 2. The average molecular weight is 437 g/mol. The first-order valence-electron chi connectivity index (χ1n) is 10.2. The van der Waals surface area contributed by atoms with E-state index in [0.29, 0.717) is 23.2 Å². The van der Waals surface area contributed by atoms with Crippen LogP contribution in [0.2, 0.25) is 0 Å². The van der Waals surface area contributed by atoms with Crippen LogP contribution < -0.4 is 15.8 Å². The number of aromatic nitrogens is 3. The van der Waals surface area contributed by atoms with E-state index in [9.17, 15) is 4.21 Å². The van der Waals surface area contributed by atoms with Gasteiger partial charge in [-0.15, -0.1) is 0 Å². The van der Waals surface area contributed by atoms with Gasteiger partial charge < -0.3 is 20.2 Å². The van der Waals surface area contributed by atoms with Gasteiger partial charge in [0.15, 0.2) is 11.4 Å². The Balaban J connectivity index is 1.54. The van der Waals surface area contributed by atoms with E-state index < -0.39 is 11.0 Å². The summed E-state index contributed by atoms with van der Waals surface area (Å²) in [5.41, 5.74) is 10.2. The van der Waals surface area contributed by atoms with E-state index in [1.54, 1.807) is 12.5 Å². The summed E-state index contributed by atoms with van der Waals surface area (Å²) in [6.07, 6.45) is 9.47. The molecule has 0 amide bonds. The van der Waals surface area contributed by atoms with Crippen LogP contribution >= 0.6 is 0 Å². The summed E-state index contributed by atoms with van der Waals surface area (Å²) in [6.45, 7) is 2.02. The highest BCUT2D eigenvalue weighted by Crippen LogP contribution is 2.37. The summed E-state index contributed by atoms with van der Waals surface area (Å²) in [4.78, 5) is 4.35. The van der Waals surface area contributed by atoms with Gasteiger partial charge in [-0.3, -0.25) is 4.68 Å². The molecule has 1 fully saturated rings. The normalized spacial score (nSPS) is 15.9. The highest BCUT2D eigenvalue weighted by atomic mass is 32.2. The Morgan fingerprint density at radius 3 is 2.87 bits per heavy atom. The van der Waals surface area contributed by atoms with E-state index in [1.807, 2.05) is 36.5 Å². The maximum atomic E-state index is 11.5. The molecule has 160 valence electrons. The third-order valence-electron chi connectivity index (χ3n) is 5.59. The lowest BCUT2D eigenvalue weighted by Gasteiger charge is -2.22. The summed E-state index contributed by atoms with van der Waals surface area (Å²) >= 11 is 0. The molecule has 0 saturated carbocycles. The second-order valence-electron chi connectivity index (χ2n) is 7.74. The molecule has 1 unspecified atom stereocenters. The number of nitrogen functional groups attached to an aromatic ring is 1. The fraction of sp³-hybridized carbons (Fsp3) is 0.273. The fourth-order valence-corrected chi connectivity index (χ4v) is 4.52.